The molecule has 0 saturated heterocycles. The molecule has 1 aromatic heterocycles. The average Bonchev–Trinajstić information content (AvgIpc) is 3.12. The van der Waals surface area contributed by atoms with Crippen molar-refractivity contribution < 1.29 is 14.3 Å². The number of methoxy groups -OCH3 is 1. The summed E-state index contributed by atoms with van der Waals surface area (Å²) < 4.78 is 6.89. The van der Waals surface area contributed by atoms with Gasteiger partial charge in [-0.15, -0.1) is 11.3 Å². The highest BCUT2D eigenvalue weighted by atomic mass is 79.9. The molecular formula is C16H13Br2N3O3S2. The quantitative estimate of drug-likeness (QED) is 0.327. The number of ether oxygens (including phenoxy) is 1. The molecule has 0 saturated carbocycles. The van der Waals surface area contributed by atoms with E-state index in [1.807, 2.05) is 12.1 Å². The number of hydrogen-bond donors (Lipinski definition) is 3. The van der Waals surface area contributed by atoms with Crippen LogP contribution in [0, 0.1) is 0 Å². The number of nitrogens with one attached hydrogen (secondary N) is 3. The van der Waals surface area contributed by atoms with E-state index in [1.165, 1.54) is 17.4 Å². The van der Waals surface area contributed by atoms with E-state index in [0.29, 0.717) is 16.2 Å². The first-order chi connectivity index (χ1) is 12.4. The Kier molecular flexibility index (Phi) is 7.76. The van der Waals surface area contributed by atoms with E-state index in [9.17, 15) is 9.59 Å². The second kappa shape index (κ2) is 9.81. The Bertz CT molecular complexity index is 855. The highest BCUT2D eigenvalue weighted by Gasteiger charge is 2.09. The summed E-state index contributed by atoms with van der Waals surface area (Å²) in [5.41, 5.74) is 5.58. The largest absolute Gasteiger partial charge is 0.495 e. The van der Waals surface area contributed by atoms with Crippen molar-refractivity contribution in [1.29, 1.82) is 0 Å². The number of carbonyl (C=O) groups is 2. The molecule has 2 rings (SSSR count). The molecule has 0 atom stereocenters. The van der Waals surface area contributed by atoms with E-state index in [1.54, 1.807) is 30.7 Å². The number of benzene rings is 1. The fraction of sp³-hybridized carbons (Fsp3) is 0.0625. The lowest BCUT2D eigenvalue weighted by Gasteiger charge is -2.09. The Balaban J connectivity index is 1.91. The highest BCUT2D eigenvalue weighted by molar-refractivity contribution is 9.11. The first-order valence-corrected chi connectivity index (χ1v) is 9.94. The van der Waals surface area contributed by atoms with E-state index < -0.39 is 5.91 Å². The summed E-state index contributed by atoms with van der Waals surface area (Å²) >= 11 is 13.0. The minimum Gasteiger partial charge on any atom is -0.495 e. The van der Waals surface area contributed by atoms with E-state index >= 15 is 0 Å². The van der Waals surface area contributed by atoms with Gasteiger partial charge in [-0.3, -0.25) is 25.8 Å². The van der Waals surface area contributed by atoms with Crippen molar-refractivity contribution in [2.45, 2.75) is 0 Å². The minimum absolute atomic E-state index is 0.0213. The molecule has 10 heteroatoms. The molecule has 2 amide bonds. The molecule has 0 unspecified atom stereocenters. The zero-order valence-electron chi connectivity index (χ0n) is 13.3. The van der Waals surface area contributed by atoms with E-state index in [4.69, 9.17) is 17.0 Å². The second-order valence-electron chi connectivity index (χ2n) is 4.72. The summed E-state index contributed by atoms with van der Waals surface area (Å²) in [6.07, 6.45) is 2.91. The molecule has 0 aliphatic carbocycles. The Morgan fingerprint density at radius 3 is 2.69 bits per heavy atom. The number of amides is 2. The zero-order chi connectivity index (χ0) is 19.1. The number of hydrazine groups is 1. The first kappa shape index (κ1) is 20.6. The normalized spacial score (nSPS) is 10.4. The van der Waals surface area contributed by atoms with Crippen LogP contribution in [0.15, 0.2) is 44.7 Å². The van der Waals surface area contributed by atoms with Crippen molar-refractivity contribution in [3.05, 3.63) is 55.1 Å². The third-order valence-electron chi connectivity index (χ3n) is 2.93. The maximum atomic E-state index is 12.0. The fourth-order valence-electron chi connectivity index (χ4n) is 1.85. The SMILES string of the molecule is COc1c(Br)cc(Br)cc1/C=C/C(=O)NC(=S)NNC(=O)c1cccs1. The summed E-state index contributed by atoms with van der Waals surface area (Å²) in [6.45, 7) is 0. The van der Waals surface area contributed by atoms with Crippen LogP contribution in [0.2, 0.25) is 0 Å². The van der Waals surface area contributed by atoms with Gasteiger partial charge in [0.15, 0.2) is 5.11 Å². The minimum atomic E-state index is -0.453. The number of thiocarbonyl (C=S) groups is 1. The molecule has 0 spiro atoms. The Hall–Kier alpha value is -1.75. The van der Waals surface area contributed by atoms with Crippen molar-refractivity contribution >= 4 is 78.4 Å². The Morgan fingerprint density at radius 1 is 1.27 bits per heavy atom. The molecule has 6 nitrogen and oxygen atoms in total. The lowest BCUT2D eigenvalue weighted by Crippen LogP contribution is -2.48. The molecule has 1 heterocycles. The van der Waals surface area contributed by atoms with Gasteiger partial charge in [0.2, 0.25) is 5.91 Å². The van der Waals surface area contributed by atoms with Crippen molar-refractivity contribution in [3.63, 3.8) is 0 Å². The number of rotatable bonds is 4. The summed E-state index contributed by atoms with van der Waals surface area (Å²) in [5.74, 6) is -0.192. The van der Waals surface area contributed by atoms with Gasteiger partial charge in [-0.1, -0.05) is 22.0 Å². The number of carbonyl (C=O) groups excluding carboxylic acids is 2. The van der Waals surface area contributed by atoms with Crippen LogP contribution < -0.4 is 20.9 Å². The molecule has 0 aliphatic rings. The topological polar surface area (TPSA) is 79.5 Å². The van der Waals surface area contributed by atoms with Gasteiger partial charge in [-0.05, 0) is 57.8 Å². The first-order valence-electron chi connectivity index (χ1n) is 7.06. The number of thiophene rings is 1. The summed E-state index contributed by atoms with van der Waals surface area (Å²) in [7, 11) is 1.54. The zero-order valence-corrected chi connectivity index (χ0v) is 18.1. The van der Waals surface area contributed by atoms with E-state index in [0.717, 1.165) is 8.95 Å². The molecule has 0 aliphatic heterocycles. The predicted octanol–water partition coefficient (Wildman–Crippen LogP) is 3.63. The number of hydrogen-bond acceptors (Lipinski definition) is 5. The summed E-state index contributed by atoms with van der Waals surface area (Å²) in [4.78, 5) is 24.3. The van der Waals surface area contributed by atoms with Gasteiger partial charge in [0.1, 0.15) is 5.75 Å². The lowest BCUT2D eigenvalue weighted by atomic mass is 10.2. The van der Waals surface area contributed by atoms with Crippen LogP contribution in [-0.4, -0.2) is 24.0 Å². The maximum absolute atomic E-state index is 12.0. The molecular weight excluding hydrogens is 506 g/mol. The summed E-state index contributed by atoms with van der Waals surface area (Å²) in [6, 6.07) is 7.09. The van der Waals surface area contributed by atoms with Crippen LogP contribution in [0.5, 0.6) is 5.75 Å². The molecule has 3 N–H and O–H groups in total. The molecule has 26 heavy (non-hydrogen) atoms. The fourth-order valence-corrected chi connectivity index (χ4v) is 4.04. The van der Waals surface area contributed by atoms with Gasteiger partial charge in [0, 0.05) is 16.1 Å². The van der Waals surface area contributed by atoms with Crippen LogP contribution in [0.1, 0.15) is 15.2 Å². The molecule has 2 aromatic rings. The van der Waals surface area contributed by atoms with Crippen molar-refractivity contribution in [2.75, 3.05) is 7.11 Å². The average molecular weight is 519 g/mol. The monoisotopic (exact) mass is 517 g/mol. The predicted molar refractivity (Wildman–Crippen MR) is 113 cm³/mol. The number of halogens is 2. The lowest BCUT2D eigenvalue weighted by molar-refractivity contribution is -0.115. The van der Waals surface area contributed by atoms with Gasteiger partial charge in [0.05, 0.1) is 16.5 Å². The Morgan fingerprint density at radius 2 is 2.04 bits per heavy atom. The van der Waals surface area contributed by atoms with Gasteiger partial charge < -0.3 is 4.74 Å². The third kappa shape index (κ3) is 5.90. The molecule has 0 radical (unpaired) electrons. The third-order valence-corrected chi connectivity index (χ3v) is 5.05. The van der Waals surface area contributed by atoms with Crippen molar-refractivity contribution in [2.24, 2.45) is 0 Å². The van der Waals surface area contributed by atoms with Crippen molar-refractivity contribution in [1.82, 2.24) is 16.2 Å². The van der Waals surface area contributed by atoms with E-state index in [2.05, 4.69) is 48.0 Å². The van der Waals surface area contributed by atoms with Crippen LogP contribution >= 0.6 is 55.4 Å². The Labute approximate surface area is 176 Å². The van der Waals surface area contributed by atoms with Gasteiger partial charge in [-0.25, -0.2) is 0 Å². The highest BCUT2D eigenvalue weighted by Crippen LogP contribution is 2.33. The van der Waals surface area contributed by atoms with Crippen LogP contribution in [-0.2, 0) is 4.79 Å². The van der Waals surface area contributed by atoms with Gasteiger partial charge >= 0.3 is 0 Å². The van der Waals surface area contributed by atoms with Gasteiger partial charge in [-0.2, -0.15) is 0 Å². The molecule has 1 aromatic carbocycles. The van der Waals surface area contributed by atoms with Crippen LogP contribution in [0.3, 0.4) is 0 Å². The van der Waals surface area contributed by atoms with E-state index in [-0.39, 0.29) is 11.0 Å². The molecule has 0 fully saturated rings. The van der Waals surface area contributed by atoms with Crippen LogP contribution in [0.25, 0.3) is 6.08 Å². The maximum Gasteiger partial charge on any atom is 0.279 e. The van der Waals surface area contributed by atoms with Crippen LogP contribution in [0.4, 0.5) is 0 Å². The summed E-state index contributed by atoms with van der Waals surface area (Å²) in [5, 5.41) is 4.20. The second-order valence-corrected chi connectivity index (χ2v) is 7.84. The van der Waals surface area contributed by atoms with Crippen molar-refractivity contribution in [3.8, 4) is 5.75 Å². The van der Waals surface area contributed by atoms with Gasteiger partial charge in [0.25, 0.3) is 5.91 Å². The standard InChI is InChI=1S/C16H13Br2N3O3S2/c1-24-14-9(7-10(17)8-11(14)18)4-5-13(22)19-16(25)21-20-15(23)12-3-2-6-26-12/h2-8H,1H3,(H,20,23)(H2,19,21,22,25)/b5-4+. The molecule has 136 valence electrons. The smallest absolute Gasteiger partial charge is 0.279 e. The molecule has 0 bridgehead atoms.